The SMILES string of the molecule is O=C(CCl)NC(=O)Nc1ccc(N2CCCCC2)cc1. The van der Waals surface area contributed by atoms with Gasteiger partial charge in [0, 0.05) is 24.5 Å². The molecule has 0 aromatic heterocycles. The maximum Gasteiger partial charge on any atom is 0.325 e. The second-order valence-electron chi connectivity index (χ2n) is 4.73. The normalized spacial score (nSPS) is 14.8. The van der Waals surface area contributed by atoms with E-state index < -0.39 is 11.9 Å². The summed E-state index contributed by atoms with van der Waals surface area (Å²) in [7, 11) is 0. The first kappa shape index (κ1) is 14.7. The third-order valence-electron chi connectivity index (χ3n) is 3.22. The fraction of sp³-hybridized carbons (Fsp3) is 0.429. The largest absolute Gasteiger partial charge is 0.372 e. The Morgan fingerprint density at radius 1 is 1.10 bits per heavy atom. The van der Waals surface area contributed by atoms with Crippen LogP contribution in [0.1, 0.15) is 19.3 Å². The molecule has 0 aliphatic carbocycles. The lowest BCUT2D eigenvalue weighted by Crippen LogP contribution is -2.35. The van der Waals surface area contributed by atoms with Crippen LogP contribution in [0.2, 0.25) is 0 Å². The number of anilines is 2. The van der Waals surface area contributed by atoms with Crippen molar-refractivity contribution >= 4 is 34.9 Å². The molecule has 3 amide bonds. The lowest BCUT2D eigenvalue weighted by Gasteiger charge is -2.28. The molecule has 0 atom stereocenters. The van der Waals surface area contributed by atoms with Gasteiger partial charge in [0.05, 0.1) is 0 Å². The molecule has 1 saturated heterocycles. The van der Waals surface area contributed by atoms with Gasteiger partial charge in [-0.05, 0) is 43.5 Å². The molecule has 0 bridgehead atoms. The van der Waals surface area contributed by atoms with E-state index in [0.717, 1.165) is 18.8 Å². The summed E-state index contributed by atoms with van der Waals surface area (Å²) in [5, 5.41) is 4.71. The molecule has 20 heavy (non-hydrogen) atoms. The number of nitrogens with one attached hydrogen (secondary N) is 2. The van der Waals surface area contributed by atoms with E-state index in [1.54, 1.807) is 0 Å². The number of alkyl halides is 1. The highest BCUT2D eigenvalue weighted by Gasteiger charge is 2.11. The van der Waals surface area contributed by atoms with E-state index in [4.69, 9.17) is 11.6 Å². The summed E-state index contributed by atoms with van der Waals surface area (Å²) in [6, 6.07) is 7.04. The fourth-order valence-electron chi connectivity index (χ4n) is 2.23. The average Bonchev–Trinajstić information content (AvgIpc) is 2.48. The van der Waals surface area contributed by atoms with Gasteiger partial charge in [-0.15, -0.1) is 11.6 Å². The standard InChI is InChI=1S/C14H18ClN3O2/c15-10-13(19)17-14(20)16-11-4-6-12(7-5-11)18-8-2-1-3-9-18/h4-7H,1-3,8-10H2,(H2,16,17,19,20). The topological polar surface area (TPSA) is 61.4 Å². The Bertz CT molecular complexity index is 470. The first-order chi connectivity index (χ1) is 9.69. The van der Waals surface area contributed by atoms with Gasteiger partial charge in [-0.2, -0.15) is 0 Å². The van der Waals surface area contributed by atoms with Gasteiger partial charge < -0.3 is 10.2 Å². The number of imide groups is 1. The molecule has 0 saturated carbocycles. The molecule has 5 nitrogen and oxygen atoms in total. The summed E-state index contributed by atoms with van der Waals surface area (Å²) >= 11 is 5.31. The Kier molecular flexibility index (Phi) is 5.24. The zero-order chi connectivity index (χ0) is 14.4. The van der Waals surface area contributed by atoms with Gasteiger partial charge in [0.25, 0.3) is 0 Å². The maximum absolute atomic E-state index is 11.5. The van der Waals surface area contributed by atoms with Gasteiger partial charge in [-0.1, -0.05) is 0 Å². The molecule has 2 N–H and O–H groups in total. The van der Waals surface area contributed by atoms with Crippen molar-refractivity contribution < 1.29 is 9.59 Å². The molecule has 108 valence electrons. The molecule has 1 aliphatic rings. The predicted molar refractivity (Wildman–Crippen MR) is 80.4 cm³/mol. The number of urea groups is 1. The Morgan fingerprint density at radius 2 is 1.75 bits per heavy atom. The Morgan fingerprint density at radius 3 is 2.35 bits per heavy atom. The fourth-order valence-corrected chi connectivity index (χ4v) is 2.30. The molecule has 0 radical (unpaired) electrons. The van der Waals surface area contributed by atoms with Crippen molar-refractivity contribution in [3.8, 4) is 0 Å². The third kappa shape index (κ3) is 4.13. The van der Waals surface area contributed by atoms with Crippen LogP contribution in [-0.4, -0.2) is 30.9 Å². The second kappa shape index (κ2) is 7.14. The smallest absolute Gasteiger partial charge is 0.325 e. The molecule has 6 heteroatoms. The van der Waals surface area contributed by atoms with E-state index in [2.05, 4.69) is 15.5 Å². The van der Waals surface area contributed by atoms with Crippen LogP contribution in [0.3, 0.4) is 0 Å². The Labute approximate surface area is 123 Å². The van der Waals surface area contributed by atoms with Gasteiger partial charge in [0.2, 0.25) is 5.91 Å². The molecular weight excluding hydrogens is 278 g/mol. The van der Waals surface area contributed by atoms with Crippen LogP contribution in [0, 0.1) is 0 Å². The number of hydrogen-bond donors (Lipinski definition) is 2. The van der Waals surface area contributed by atoms with Crippen molar-refractivity contribution in [3.05, 3.63) is 24.3 Å². The van der Waals surface area contributed by atoms with Crippen molar-refractivity contribution in [3.63, 3.8) is 0 Å². The lowest BCUT2D eigenvalue weighted by molar-refractivity contribution is -0.117. The monoisotopic (exact) mass is 295 g/mol. The van der Waals surface area contributed by atoms with Crippen molar-refractivity contribution in [2.75, 3.05) is 29.2 Å². The number of amides is 3. The summed E-state index contributed by atoms with van der Waals surface area (Å²) < 4.78 is 0. The lowest BCUT2D eigenvalue weighted by atomic mass is 10.1. The van der Waals surface area contributed by atoms with Gasteiger partial charge >= 0.3 is 6.03 Å². The molecule has 1 aliphatic heterocycles. The maximum atomic E-state index is 11.5. The molecular formula is C14H18ClN3O2. The quantitative estimate of drug-likeness (QED) is 0.843. The summed E-state index contributed by atoms with van der Waals surface area (Å²) in [6.45, 7) is 2.16. The van der Waals surface area contributed by atoms with E-state index in [0.29, 0.717) is 5.69 Å². The second-order valence-corrected chi connectivity index (χ2v) is 5.00. The van der Waals surface area contributed by atoms with E-state index in [-0.39, 0.29) is 5.88 Å². The highest BCUT2D eigenvalue weighted by Crippen LogP contribution is 2.21. The van der Waals surface area contributed by atoms with Crippen LogP contribution in [0.15, 0.2) is 24.3 Å². The van der Waals surface area contributed by atoms with Crippen molar-refractivity contribution in [1.29, 1.82) is 0 Å². The zero-order valence-electron chi connectivity index (χ0n) is 11.2. The number of benzene rings is 1. The summed E-state index contributed by atoms with van der Waals surface area (Å²) in [4.78, 5) is 24.8. The summed E-state index contributed by atoms with van der Waals surface area (Å²) in [6.07, 6.45) is 3.75. The van der Waals surface area contributed by atoms with Crippen LogP contribution in [-0.2, 0) is 4.79 Å². The third-order valence-corrected chi connectivity index (χ3v) is 3.46. The van der Waals surface area contributed by atoms with Crippen molar-refractivity contribution in [1.82, 2.24) is 5.32 Å². The molecule has 1 aromatic rings. The number of piperidine rings is 1. The minimum absolute atomic E-state index is 0.235. The number of nitrogens with zero attached hydrogens (tertiary/aromatic N) is 1. The number of carbonyl (C=O) groups is 2. The van der Waals surface area contributed by atoms with Gasteiger partial charge in [-0.25, -0.2) is 4.79 Å². The van der Waals surface area contributed by atoms with Crippen molar-refractivity contribution in [2.45, 2.75) is 19.3 Å². The minimum Gasteiger partial charge on any atom is -0.372 e. The molecule has 1 aromatic carbocycles. The van der Waals surface area contributed by atoms with Gasteiger partial charge in [0.15, 0.2) is 0 Å². The predicted octanol–water partition coefficient (Wildman–Crippen LogP) is 2.56. The zero-order valence-corrected chi connectivity index (χ0v) is 11.9. The molecule has 1 fully saturated rings. The average molecular weight is 296 g/mol. The first-order valence-electron chi connectivity index (χ1n) is 6.71. The van der Waals surface area contributed by atoms with E-state index in [1.807, 2.05) is 24.3 Å². The number of hydrogen-bond acceptors (Lipinski definition) is 3. The van der Waals surface area contributed by atoms with E-state index in [9.17, 15) is 9.59 Å². The van der Waals surface area contributed by atoms with Crippen LogP contribution in [0.5, 0.6) is 0 Å². The van der Waals surface area contributed by atoms with E-state index >= 15 is 0 Å². The highest BCUT2D eigenvalue weighted by atomic mass is 35.5. The van der Waals surface area contributed by atoms with Crippen LogP contribution >= 0.6 is 11.6 Å². The van der Waals surface area contributed by atoms with Gasteiger partial charge in [-0.3, -0.25) is 10.1 Å². The minimum atomic E-state index is -0.568. The van der Waals surface area contributed by atoms with Crippen molar-refractivity contribution in [2.24, 2.45) is 0 Å². The van der Waals surface area contributed by atoms with Gasteiger partial charge in [0.1, 0.15) is 5.88 Å². The van der Waals surface area contributed by atoms with Crippen LogP contribution < -0.4 is 15.5 Å². The Hall–Kier alpha value is -1.75. The molecule has 2 rings (SSSR count). The Balaban J connectivity index is 1.90. The summed E-state index contributed by atoms with van der Waals surface area (Å²) in [5.41, 5.74) is 1.80. The highest BCUT2D eigenvalue weighted by molar-refractivity contribution is 6.28. The van der Waals surface area contributed by atoms with Crippen LogP contribution in [0.25, 0.3) is 0 Å². The number of carbonyl (C=O) groups excluding carboxylic acids is 2. The van der Waals surface area contributed by atoms with Crippen LogP contribution in [0.4, 0.5) is 16.2 Å². The molecule has 0 unspecified atom stereocenters. The first-order valence-corrected chi connectivity index (χ1v) is 7.24. The van der Waals surface area contributed by atoms with E-state index in [1.165, 1.54) is 19.3 Å². The number of rotatable bonds is 3. The number of halogens is 1. The molecule has 0 spiro atoms. The molecule has 1 heterocycles. The summed E-state index contributed by atoms with van der Waals surface area (Å²) in [5.74, 6) is -0.754.